The van der Waals surface area contributed by atoms with Crippen molar-refractivity contribution in [2.24, 2.45) is 5.92 Å². The minimum atomic E-state index is -0.498. The summed E-state index contributed by atoms with van der Waals surface area (Å²) < 4.78 is 14.6. The van der Waals surface area contributed by atoms with Gasteiger partial charge in [-0.25, -0.2) is 19.3 Å². The fraction of sp³-hybridized carbons (Fsp3) is 0.478. The molecule has 2 atom stereocenters. The highest BCUT2D eigenvalue weighted by molar-refractivity contribution is 6.31. The van der Waals surface area contributed by atoms with Gasteiger partial charge >= 0.3 is 0 Å². The number of aromatic nitrogens is 4. The van der Waals surface area contributed by atoms with E-state index in [2.05, 4.69) is 30.6 Å². The molecule has 0 aromatic carbocycles. The lowest BCUT2D eigenvalue weighted by atomic mass is 9.90. The first kappa shape index (κ1) is 21.1. The van der Waals surface area contributed by atoms with E-state index in [0.29, 0.717) is 22.1 Å². The molecule has 7 nitrogen and oxygen atoms in total. The zero-order valence-electron chi connectivity index (χ0n) is 17.7. The van der Waals surface area contributed by atoms with Gasteiger partial charge in [-0.2, -0.15) is 0 Å². The Bertz CT molecular complexity index is 1130. The molecule has 0 bridgehead atoms. The molecule has 168 valence electrons. The van der Waals surface area contributed by atoms with Crippen LogP contribution in [0.4, 0.5) is 10.2 Å². The van der Waals surface area contributed by atoms with Gasteiger partial charge in [0, 0.05) is 41.3 Å². The van der Waals surface area contributed by atoms with Gasteiger partial charge in [-0.05, 0) is 44.6 Å². The second-order valence-electron chi connectivity index (χ2n) is 8.84. The van der Waals surface area contributed by atoms with Crippen LogP contribution in [0.3, 0.4) is 0 Å². The second-order valence-corrected chi connectivity index (χ2v) is 9.27. The number of pyridine rings is 1. The Morgan fingerprint density at radius 2 is 1.91 bits per heavy atom. The number of anilines is 1. The number of nitrogens with one attached hydrogen (secondary N) is 3. The van der Waals surface area contributed by atoms with E-state index in [-0.39, 0.29) is 29.7 Å². The fourth-order valence-electron chi connectivity index (χ4n) is 4.91. The molecule has 2 aliphatic carbocycles. The van der Waals surface area contributed by atoms with Crippen LogP contribution in [0.25, 0.3) is 22.4 Å². The third kappa shape index (κ3) is 4.41. The average Bonchev–Trinajstić information content (AvgIpc) is 3.46. The third-order valence-electron chi connectivity index (χ3n) is 6.57. The molecule has 3 N–H and O–H groups in total. The second kappa shape index (κ2) is 9.02. The maximum absolute atomic E-state index is 14.6. The van der Waals surface area contributed by atoms with Crippen LogP contribution in [-0.2, 0) is 4.79 Å². The largest absolute Gasteiger partial charge is 0.365 e. The number of halogens is 2. The molecule has 32 heavy (non-hydrogen) atoms. The van der Waals surface area contributed by atoms with Crippen LogP contribution in [0.1, 0.15) is 51.4 Å². The molecule has 5 rings (SSSR count). The molecule has 2 saturated carbocycles. The topological polar surface area (TPSA) is 95.6 Å². The number of amides is 1. The van der Waals surface area contributed by atoms with E-state index in [1.165, 1.54) is 6.20 Å². The molecule has 0 radical (unpaired) electrons. The number of rotatable bonds is 5. The first-order valence-corrected chi connectivity index (χ1v) is 11.7. The monoisotopic (exact) mass is 456 g/mol. The first-order valence-electron chi connectivity index (χ1n) is 11.3. The molecule has 0 aliphatic heterocycles. The van der Waals surface area contributed by atoms with E-state index in [1.54, 1.807) is 18.5 Å². The number of H-pyrrole nitrogens is 1. The molecular weight excluding hydrogens is 431 g/mol. The standard InChI is InChI=1S/C23H26ClFN6O/c24-14-8-17-18(11-27-20(17)26-10-14)21-28-12-19(25)22(31-21)29-15-6-3-7-16(9-15)30-23(32)13-4-1-2-5-13/h8,10-13,15-16H,1-7,9H2,(H,26,27)(H,30,32)(H,28,29,31). The van der Waals surface area contributed by atoms with Gasteiger partial charge in [-0.1, -0.05) is 24.4 Å². The van der Waals surface area contributed by atoms with Crippen LogP contribution in [0, 0.1) is 11.7 Å². The highest BCUT2D eigenvalue weighted by Crippen LogP contribution is 2.30. The molecule has 0 spiro atoms. The molecular formula is C23H26ClFN6O. The molecule has 0 saturated heterocycles. The number of hydrogen-bond acceptors (Lipinski definition) is 5. The Labute approximate surface area is 190 Å². The smallest absolute Gasteiger partial charge is 0.223 e. The summed E-state index contributed by atoms with van der Waals surface area (Å²) in [7, 11) is 0. The van der Waals surface area contributed by atoms with Crippen LogP contribution in [0.2, 0.25) is 5.02 Å². The Hall–Kier alpha value is -2.74. The van der Waals surface area contributed by atoms with Crippen molar-refractivity contribution in [3.8, 4) is 11.4 Å². The van der Waals surface area contributed by atoms with E-state index in [1.807, 2.05) is 0 Å². The maximum Gasteiger partial charge on any atom is 0.223 e. The lowest BCUT2D eigenvalue weighted by Gasteiger charge is -2.31. The third-order valence-corrected chi connectivity index (χ3v) is 6.78. The van der Waals surface area contributed by atoms with Gasteiger partial charge in [-0.15, -0.1) is 0 Å². The zero-order valence-corrected chi connectivity index (χ0v) is 18.5. The van der Waals surface area contributed by atoms with Crippen molar-refractivity contribution in [3.63, 3.8) is 0 Å². The fourth-order valence-corrected chi connectivity index (χ4v) is 5.07. The lowest BCUT2D eigenvalue weighted by Crippen LogP contribution is -2.43. The summed E-state index contributed by atoms with van der Waals surface area (Å²) in [5, 5.41) is 7.76. The van der Waals surface area contributed by atoms with Gasteiger partial charge in [0.25, 0.3) is 0 Å². The van der Waals surface area contributed by atoms with Crippen molar-refractivity contribution in [2.75, 3.05) is 5.32 Å². The normalized spacial score (nSPS) is 21.7. The zero-order chi connectivity index (χ0) is 22.1. The van der Waals surface area contributed by atoms with Gasteiger partial charge in [0.15, 0.2) is 17.5 Å². The van der Waals surface area contributed by atoms with Crippen molar-refractivity contribution in [3.05, 3.63) is 35.5 Å². The molecule has 3 aromatic heterocycles. The molecule has 2 aliphatic rings. The minimum absolute atomic E-state index is 0.0361. The van der Waals surface area contributed by atoms with E-state index in [0.717, 1.165) is 56.8 Å². The maximum atomic E-state index is 14.6. The highest BCUT2D eigenvalue weighted by Gasteiger charge is 2.28. The van der Waals surface area contributed by atoms with E-state index in [9.17, 15) is 9.18 Å². The first-order chi connectivity index (χ1) is 15.6. The Morgan fingerprint density at radius 1 is 1.09 bits per heavy atom. The number of carbonyl (C=O) groups is 1. The van der Waals surface area contributed by atoms with E-state index in [4.69, 9.17) is 11.6 Å². The number of carbonyl (C=O) groups excluding carboxylic acids is 1. The van der Waals surface area contributed by atoms with Gasteiger partial charge in [-0.3, -0.25) is 4.79 Å². The summed E-state index contributed by atoms with van der Waals surface area (Å²) in [4.78, 5) is 28.5. The Kier molecular flexibility index (Phi) is 5.95. The van der Waals surface area contributed by atoms with Crippen LogP contribution in [0.15, 0.2) is 24.7 Å². The molecule has 3 aromatic rings. The van der Waals surface area contributed by atoms with Crippen molar-refractivity contribution < 1.29 is 9.18 Å². The molecule has 2 fully saturated rings. The minimum Gasteiger partial charge on any atom is -0.365 e. The van der Waals surface area contributed by atoms with Crippen LogP contribution >= 0.6 is 11.6 Å². The van der Waals surface area contributed by atoms with Crippen LogP contribution < -0.4 is 10.6 Å². The Balaban J connectivity index is 1.30. The predicted octanol–water partition coefficient (Wildman–Crippen LogP) is 4.84. The van der Waals surface area contributed by atoms with Crippen molar-refractivity contribution in [2.45, 2.75) is 63.5 Å². The van der Waals surface area contributed by atoms with E-state index >= 15 is 0 Å². The van der Waals surface area contributed by atoms with Crippen molar-refractivity contribution in [1.82, 2.24) is 25.3 Å². The lowest BCUT2D eigenvalue weighted by molar-refractivity contribution is -0.125. The summed E-state index contributed by atoms with van der Waals surface area (Å²) in [5.74, 6) is 0.403. The molecule has 3 heterocycles. The summed E-state index contributed by atoms with van der Waals surface area (Å²) in [5.41, 5.74) is 1.38. The van der Waals surface area contributed by atoms with Gasteiger partial charge in [0.2, 0.25) is 5.91 Å². The Morgan fingerprint density at radius 3 is 2.75 bits per heavy atom. The highest BCUT2D eigenvalue weighted by atomic mass is 35.5. The summed E-state index contributed by atoms with van der Waals surface area (Å²) in [6.45, 7) is 0. The van der Waals surface area contributed by atoms with Gasteiger partial charge in [0.1, 0.15) is 5.65 Å². The number of fused-ring (bicyclic) bond motifs is 1. The number of aromatic amines is 1. The van der Waals surface area contributed by atoms with Crippen LogP contribution in [-0.4, -0.2) is 37.9 Å². The molecule has 9 heteroatoms. The van der Waals surface area contributed by atoms with Gasteiger partial charge in [0.05, 0.1) is 11.2 Å². The summed E-state index contributed by atoms with van der Waals surface area (Å²) >= 11 is 6.09. The summed E-state index contributed by atoms with van der Waals surface area (Å²) in [6, 6.07) is 1.93. The average molecular weight is 457 g/mol. The SMILES string of the molecule is O=C(NC1CCCC(Nc2nc(-c3c[nH]c4ncc(Cl)cc34)ncc2F)C1)C1CCCC1. The quantitative estimate of drug-likeness (QED) is 0.510. The number of nitrogens with zero attached hydrogens (tertiary/aromatic N) is 3. The predicted molar refractivity (Wildman–Crippen MR) is 122 cm³/mol. The van der Waals surface area contributed by atoms with Crippen molar-refractivity contribution in [1.29, 1.82) is 0 Å². The number of hydrogen-bond donors (Lipinski definition) is 3. The van der Waals surface area contributed by atoms with Crippen LogP contribution in [0.5, 0.6) is 0 Å². The van der Waals surface area contributed by atoms with Gasteiger partial charge < -0.3 is 15.6 Å². The summed E-state index contributed by atoms with van der Waals surface area (Å²) in [6.07, 6.45) is 12.3. The van der Waals surface area contributed by atoms with E-state index < -0.39 is 5.82 Å². The molecule has 1 amide bonds. The van der Waals surface area contributed by atoms with Crippen molar-refractivity contribution >= 4 is 34.4 Å². The molecule has 2 unspecified atom stereocenters.